The Labute approximate surface area is 257 Å². The van der Waals surface area contributed by atoms with Crippen LogP contribution in [0, 0.1) is 5.92 Å². The zero-order valence-corrected chi connectivity index (χ0v) is 25.6. The van der Waals surface area contributed by atoms with Gasteiger partial charge < -0.3 is 10.2 Å². The first-order chi connectivity index (χ1) is 21.0. The smallest absolute Gasteiger partial charge is 0.334 e. The van der Waals surface area contributed by atoms with Crippen molar-refractivity contribution in [3.8, 4) is 10.6 Å². The molecule has 0 bridgehead atoms. The number of alkyl halides is 3. The number of carbonyl (C=O) groups is 1. The lowest BCUT2D eigenvalue weighted by molar-refractivity contribution is -0.137. The standard InChI is InChI=1S/C31H32F3N5O3S2/c32-31(33,34)23-14-35-30(36-24-12-19-7-8-38(15-17-1-2-17)16-20(19)11-22(24)18-3-4-18)37-27(23)25-13-26-28(43-25)29(40)39(21-5-6-21)9-10-44(26,41)42/h11-14,17-18,21H,1-10,15-16H2,(H,35,36,37). The van der Waals surface area contributed by atoms with E-state index in [2.05, 4.69) is 32.3 Å². The summed E-state index contributed by atoms with van der Waals surface area (Å²) in [5, 5.41) is 3.22. The molecule has 1 aromatic carbocycles. The fourth-order valence-electron chi connectivity index (χ4n) is 6.47. The van der Waals surface area contributed by atoms with Crippen LogP contribution in [0.5, 0.6) is 0 Å². The van der Waals surface area contributed by atoms with Crippen LogP contribution in [0.3, 0.4) is 0 Å². The predicted molar refractivity (Wildman–Crippen MR) is 160 cm³/mol. The maximum absolute atomic E-state index is 14.2. The fraction of sp³-hybridized carbons (Fsp3) is 0.516. The molecule has 8 nitrogen and oxygen atoms in total. The summed E-state index contributed by atoms with van der Waals surface area (Å²) in [4.78, 5) is 25.5. The number of halogens is 3. The maximum Gasteiger partial charge on any atom is 0.420 e. The number of hydrogen-bond donors (Lipinski definition) is 1. The van der Waals surface area contributed by atoms with Gasteiger partial charge in [-0.3, -0.25) is 9.69 Å². The number of rotatable bonds is 7. The summed E-state index contributed by atoms with van der Waals surface area (Å²) in [5.41, 5.74) is 2.95. The normalized spacial score (nSPS) is 22.0. The predicted octanol–water partition coefficient (Wildman–Crippen LogP) is 6.00. The zero-order valence-electron chi connectivity index (χ0n) is 24.0. The monoisotopic (exact) mass is 643 g/mol. The molecule has 1 N–H and O–H groups in total. The van der Waals surface area contributed by atoms with Gasteiger partial charge in [-0.05, 0) is 85.6 Å². The van der Waals surface area contributed by atoms with E-state index in [1.807, 2.05) is 0 Å². The lowest BCUT2D eigenvalue weighted by Gasteiger charge is -2.30. The molecule has 3 aromatic rings. The molecule has 3 aliphatic carbocycles. The second kappa shape index (κ2) is 10.2. The summed E-state index contributed by atoms with van der Waals surface area (Å²) in [6.07, 6.45) is 3.19. The molecule has 0 saturated heterocycles. The largest absolute Gasteiger partial charge is 0.420 e. The van der Waals surface area contributed by atoms with Crippen molar-refractivity contribution in [1.82, 2.24) is 19.8 Å². The van der Waals surface area contributed by atoms with Crippen molar-refractivity contribution >= 4 is 38.7 Å². The van der Waals surface area contributed by atoms with Crippen LogP contribution in [0.15, 0.2) is 29.3 Å². The van der Waals surface area contributed by atoms with E-state index in [-0.39, 0.29) is 38.9 Å². The average molecular weight is 644 g/mol. The number of carbonyl (C=O) groups excluding carboxylic acids is 1. The van der Waals surface area contributed by atoms with Crippen molar-refractivity contribution in [1.29, 1.82) is 0 Å². The molecule has 8 rings (SSSR count). The van der Waals surface area contributed by atoms with Gasteiger partial charge in [-0.25, -0.2) is 18.4 Å². The van der Waals surface area contributed by atoms with Gasteiger partial charge in [0.1, 0.15) is 10.4 Å². The van der Waals surface area contributed by atoms with E-state index in [0.29, 0.717) is 5.92 Å². The first-order valence-electron chi connectivity index (χ1n) is 15.3. The van der Waals surface area contributed by atoms with Gasteiger partial charge in [-0.15, -0.1) is 11.3 Å². The molecule has 0 radical (unpaired) electrons. The Balaban J connectivity index is 1.16. The number of fused-ring (bicyclic) bond motifs is 2. The first-order valence-corrected chi connectivity index (χ1v) is 17.8. The van der Waals surface area contributed by atoms with E-state index in [9.17, 15) is 26.4 Å². The minimum atomic E-state index is -4.78. The molecule has 2 aromatic heterocycles. The SMILES string of the molecule is O=C1c2sc(-c3nc(Nc4cc5c(cc4C4CC4)CN(CC4CC4)CC5)ncc3C(F)(F)F)cc2S(=O)(=O)CCN1C1CC1. The Morgan fingerprint density at radius 3 is 2.52 bits per heavy atom. The van der Waals surface area contributed by atoms with Gasteiger partial charge in [0.25, 0.3) is 5.91 Å². The average Bonchev–Trinajstić information content (AvgIpc) is 3.83. The maximum atomic E-state index is 14.2. The minimum Gasteiger partial charge on any atom is -0.334 e. The van der Waals surface area contributed by atoms with E-state index < -0.39 is 33.2 Å². The summed E-state index contributed by atoms with van der Waals surface area (Å²) < 4.78 is 68.9. The molecule has 0 spiro atoms. The quantitative estimate of drug-likeness (QED) is 0.337. The van der Waals surface area contributed by atoms with Crippen LogP contribution in [-0.4, -0.2) is 65.5 Å². The highest BCUT2D eigenvalue weighted by Gasteiger charge is 2.42. The second-order valence-corrected chi connectivity index (χ2v) is 16.0. The molecule has 3 fully saturated rings. The van der Waals surface area contributed by atoms with E-state index in [1.54, 1.807) is 4.90 Å². The van der Waals surface area contributed by atoms with Crippen LogP contribution < -0.4 is 5.32 Å². The van der Waals surface area contributed by atoms with Gasteiger partial charge in [0.05, 0.1) is 21.2 Å². The number of sulfone groups is 1. The van der Waals surface area contributed by atoms with Crippen molar-refractivity contribution in [3.63, 3.8) is 0 Å². The van der Waals surface area contributed by atoms with Crippen molar-refractivity contribution in [2.45, 2.75) is 74.5 Å². The van der Waals surface area contributed by atoms with Crippen molar-refractivity contribution in [2.75, 3.05) is 30.7 Å². The topological polar surface area (TPSA) is 95.5 Å². The Morgan fingerprint density at radius 1 is 1.02 bits per heavy atom. The van der Waals surface area contributed by atoms with Crippen molar-refractivity contribution in [3.05, 3.63) is 51.5 Å². The molecule has 13 heteroatoms. The van der Waals surface area contributed by atoms with Crippen LogP contribution in [-0.2, 0) is 29.0 Å². The van der Waals surface area contributed by atoms with Crippen LogP contribution in [0.25, 0.3) is 10.6 Å². The Bertz CT molecular complexity index is 1780. The molecule has 0 atom stereocenters. The molecule has 5 aliphatic rings. The number of nitrogens with zero attached hydrogens (tertiary/aromatic N) is 4. The van der Waals surface area contributed by atoms with Crippen LogP contribution in [0.2, 0.25) is 0 Å². The van der Waals surface area contributed by atoms with Crippen LogP contribution in [0.1, 0.15) is 76.4 Å². The Hall–Kier alpha value is -3.03. The fourth-order valence-corrected chi connectivity index (χ4v) is 9.39. The number of aromatic nitrogens is 2. The van der Waals surface area contributed by atoms with Gasteiger partial charge in [0.2, 0.25) is 5.95 Å². The molecule has 2 aliphatic heterocycles. The number of thiophene rings is 1. The highest BCUT2D eigenvalue weighted by molar-refractivity contribution is 7.91. The van der Waals surface area contributed by atoms with E-state index >= 15 is 0 Å². The number of nitrogens with one attached hydrogen (secondary N) is 1. The lowest BCUT2D eigenvalue weighted by Crippen LogP contribution is -2.34. The summed E-state index contributed by atoms with van der Waals surface area (Å²) in [7, 11) is -3.86. The number of anilines is 2. The summed E-state index contributed by atoms with van der Waals surface area (Å²) in [5.74, 6) is 0.495. The van der Waals surface area contributed by atoms with E-state index in [1.165, 1.54) is 30.0 Å². The number of benzene rings is 1. The number of hydrogen-bond acceptors (Lipinski definition) is 8. The van der Waals surface area contributed by atoms with Crippen LogP contribution >= 0.6 is 11.3 Å². The summed E-state index contributed by atoms with van der Waals surface area (Å²) >= 11 is 0.759. The Morgan fingerprint density at radius 2 is 1.82 bits per heavy atom. The molecule has 44 heavy (non-hydrogen) atoms. The highest BCUT2D eigenvalue weighted by atomic mass is 32.2. The first kappa shape index (κ1) is 28.4. The van der Waals surface area contributed by atoms with Crippen molar-refractivity contribution < 1.29 is 26.4 Å². The lowest BCUT2D eigenvalue weighted by atomic mass is 9.94. The zero-order chi connectivity index (χ0) is 30.4. The Kier molecular flexibility index (Phi) is 6.62. The van der Waals surface area contributed by atoms with Crippen molar-refractivity contribution in [2.24, 2.45) is 5.92 Å². The van der Waals surface area contributed by atoms with E-state index in [0.717, 1.165) is 86.4 Å². The second-order valence-electron chi connectivity index (χ2n) is 12.8. The van der Waals surface area contributed by atoms with E-state index in [4.69, 9.17) is 0 Å². The molecule has 0 unspecified atom stereocenters. The van der Waals surface area contributed by atoms with Gasteiger partial charge in [-0.1, -0.05) is 6.07 Å². The molecule has 3 saturated carbocycles. The molecule has 232 valence electrons. The van der Waals surface area contributed by atoms with Gasteiger partial charge in [0, 0.05) is 44.1 Å². The van der Waals surface area contributed by atoms with Crippen LogP contribution in [0.4, 0.5) is 24.8 Å². The van der Waals surface area contributed by atoms with Gasteiger partial charge in [-0.2, -0.15) is 13.2 Å². The summed E-state index contributed by atoms with van der Waals surface area (Å²) in [6, 6.07) is 5.52. The highest BCUT2D eigenvalue weighted by Crippen LogP contribution is 2.47. The third-order valence-electron chi connectivity index (χ3n) is 9.34. The molecular formula is C31H32F3N5O3S2. The third-order valence-corrected chi connectivity index (χ3v) is 12.3. The van der Waals surface area contributed by atoms with Gasteiger partial charge >= 0.3 is 6.18 Å². The summed E-state index contributed by atoms with van der Waals surface area (Å²) in [6.45, 7) is 3.11. The molecule has 4 heterocycles. The number of amides is 1. The molecular weight excluding hydrogens is 612 g/mol. The minimum absolute atomic E-state index is 0.00148. The molecule has 1 amide bonds. The van der Waals surface area contributed by atoms with Gasteiger partial charge in [0.15, 0.2) is 9.84 Å². The third kappa shape index (κ3) is 5.40.